The molecule has 0 saturated carbocycles. The number of likely N-dealkylation sites (tertiary alicyclic amines) is 1. The second-order valence-corrected chi connectivity index (χ2v) is 5.99. The van der Waals surface area contributed by atoms with Crippen LogP contribution in [0.5, 0.6) is 5.75 Å². The molecule has 7 heteroatoms. The number of hydrogen-bond acceptors (Lipinski definition) is 4. The molecule has 0 radical (unpaired) electrons. The van der Waals surface area contributed by atoms with Gasteiger partial charge in [0, 0.05) is 31.5 Å². The van der Waals surface area contributed by atoms with Crippen LogP contribution in [0.15, 0.2) is 47.3 Å². The first-order valence-corrected chi connectivity index (χ1v) is 8.07. The number of piperidine rings is 1. The molecule has 1 aromatic carbocycles. The number of hydrogen-bond donors (Lipinski definition) is 1. The van der Waals surface area contributed by atoms with Crippen molar-refractivity contribution in [3.63, 3.8) is 0 Å². The van der Waals surface area contributed by atoms with Gasteiger partial charge in [0.15, 0.2) is 0 Å². The van der Waals surface area contributed by atoms with Gasteiger partial charge in [-0.25, -0.2) is 0 Å². The van der Waals surface area contributed by atoms with E-state index in [0.717, 1.165) is 0 Å². The van der Waals surface area contributed by atoms with Crippen molar-refractivity contribution in [1.82, 2.24) is 4.90 Å². The van der Waals surface area contributed by atoms with Gasteiger partial charge in [0.2, 0.25) is 0 Å². The lowest BCUT2D eigenvalue weighted by atomic mass is 9.91. The largest absolute Gasteiger partial charge is 0.472 e. The van der Waals surface area contributed by atoms with E-state index in [9.17, 15) is 18.7 Å². The second-order valence-electron chi connectivity index (χ2n) is 5.99. The van der Waals surface area contributed by atoms with Crippen molar-refractivity contribution < 1.29 is 27.8 Å². The predicted molar refractivity (Wildman–Crippen MR) is 88.7 cm³/mol. The molecule has 0 aliphatic carbocycles. The fourth-order valence-corrected chi connectivity index (χ4v) is 2.71. The van der Waals surface area contributed by atoms with Crippen molar-refractivity contribution in [2.45, 2.75) is 25.1 Å². The van der Waals surface area contributed by atoms with Gasteiger partial charge in [0.1, 0.15) is 17.6 Å². The van der Waals surface area contributed by atoms with Gasteiger partial charge < -0.3 is 19.2 Å². The fraction of sp³-hybridized carbons (Fsp3) is 0.316. The lowest BCUT2D eigenvalue weighted by Crippen LogP contribution is -2.46. The highest BCUT2D eigenvalue weighted by molar-refractivity contribution is 5.93. The Morgan fingerprint density at radius 3 is 2.73 bits per heavy atom. The van der Waals surface area contributed by atoms with Gasteiger partial charge in [-0.1, -0.05) is 17.9 Å². The lowest BCUT2D eigenvalue weighted by molar-refractivity contribution is -0.0498. The van der Waals surface area contributed by atoms with E-state index in [4.69, 9.17) is 4.42 Å². The maximum Gasteiger partial charge on any atom is 0.387 e. The van der Waals surface area contributed by atoms with E-state index < -0.39 is 12.2 Å². The van der Waals surface area contributed by atoms with E-state index in [0.29, 0.717) is 37.1 Å². The molecule has 2 aromatic rings. The zero-order valence-electron chi connectivity index (χ0n) is 13.8. The molecule has 0 atom stereocenters. The molecule has 1 amide bonds. The molecule has 1 aromatic heterocycles. The average Bonchev–Trinajstić information content (AvgIpc) is 3.15. The van der Waals surface area contributed by atoms with Crippen molar-refractivity contribution in [3.8, 4) is 17.6 Å². The van der Waals surface area contributed by atoms with E-state index in [2.05, 4.69) is 16.6 Å². The lowest BCUT2D eigenvalue weighted by Gasteiger charge is -2.34. The van der Waals surface area contributed by atoms with Gasteiger partial charge in [0.25, 0.3) is 5.91 Å². The van der Waals surface area contributed by atoms with Crippen LogP contribution < -0.4 is 4.74 Å². The Kier molecular flexibility index (Phi) is 5.24. The summed E-state index contributed by atoms with van der Waals surface area (Å²) < 4.78 is 33.8. The number of amides is 1. The summed E-state index contributed by atoms with van der Waals surface area (Å²) >= 11 is 0. The first-order valence-electron chi connectivity index (χ1n) is 8.07. The van der Waals surface area contributed by atoms with E-state index in [1.807, 2.05) is 0 Å². The maximum atomic E-state index is 12.3. The number of carbonyl (C=O) groups is 1. The standard InChI is InChI=1S/C19H17F2NO4/c20-18(21)26-16-3-1-2-14(12-16)4-6-19(24)7-9-22(10-8-19)17(23)15-5-11-25-13-15/h1-3,5,11-13,18,24H,7-10H2. The van der Waals surface area contributed by atoms with Crippen LogP contribution in [0.4, 0.5) is 8.78 Å². The van der Waals surface area contributed by atoms with E-state index in [1.54, 1.807) is 23.1 Å². The zero-order chi connectivity index (χ0) is 18.6. The summed E-state index contributed by atoms with van der Waals surface area (Å²) in [4.78, 5) is 13.9. The number of halogens is 2. The number of benzene rings is 1. The van der Waals surface area contributed by atoms with Crippen LogP contribution in [0.3, 0.4) is 0 Å². The minimum atomic E-state index is -2.90. The van der Waals surface area contributed by atoms with Crippen LogP contribution in [-0.2, 0) is 0 Å². The molecule has 1 saturated heterocycles. The molecule has 1 N–H and O–H groups in total. The highest BCUT2D eigenvalue weighted by Gasteiger charge is 2.32. The Morgan fingerprint density at radius 1 is 1.31 bits per heavy atom. The van der Waals surface area contributed by atoms with Crippen molar-refractivity contribution in [3.05, 3.63) is 54.0 Å². The number of alkyl halides is 2. The quantitative estimate of drug-likeness (QED) is 0.854. The highest BCUT2D eigenvalue weighted by atomic mass is 19.3. The first kappa shape index (κ1) is 18.0. The van der Waals surface area contributed by atoms with Gasteiger partial charge in [-0.05, 0) is 24.3 Å². The first-order chi connectivity index (χ1) is 12.5. The van der Waals surface area contributed by atoms with Crippen LogP contribution in [-0.4, -0.2) is 41.2 Å². The van der Waals surface area contributed by atoms with Crippen molar-refractivity contribution in [2.75, 3.05) is 13.1 Å². The third-order valence-electron chi connectivity index (χ3n) is 4.14. The number of furan rings is 1. The van der Waals surface area contributed by atoms with Crippen LogP contribution in [0.25, 0.3) is 0 Å². The summed E-state index contributed by atoms with van der Waals surface area (Å²) in [6.07, 6.45) is 3.43. The Morgan fingerprint density at radius 2 is 2.08 bits per heavy atom. The molecular formula is C19H17F2NO4. The molecule has 3 rings (SSSR count). The van der Waals surface area contributed by atoms with Crippen molar-refractivity contribution in [1.29, 1.82) is 0 Å². The third-order valence-corrected chi connectivity index (χ3v) is 4.14. The third kappa shape index (κ3) is 4.41. The normalized spacial score (nSPS) is 16.1. The van der Waals surface area contributed by atoms with Crippen LogP contribution in [0.1, 0.15) is 28.8 Å². The number of nitrogens with zero attached hydrogens (tertiary/aromatic N) is 1. The minimum absolute atomic E-state index is 0.0133. The van der Waals surface area contributed by atoms with Crippen LogP contribution in [0.2, 0.25) is 0 Å². The molecule has 1 fully saturated rings. The topological polar surface area (TPSA) is 62.9 Å². The van der Waals surface area contributed by atoms with Crippen molar-refractivity contribution >= 4 is 5.91 Å². The Labute approximate surface area is 149 Å². The summed E-state index contributed by atoms with van der Waals surface area (Å²) in [6, 6.07) is 7.59. The van der Waals surface area contributed by atoms with E-state index >= 15 is 0 Å². The monoisotopic (exact) mass is 361 g/mol. The Hall–Kier alpha value is -2.85. The van der Waals surface area contributed by atoms with Gasteiger partial charge in [-0.2, -0.15) is 8.78 Å². The molecule has 5 nitrogen and oxygen atoms in total. The summed E-state index contributed by atoms with van der Waals surface area (Å²) in [5.41, 5.74) is -0.293. The Bertz CT molecular complexity index is 816. The van der Waals surface area contributed by atoms with Crippen LogP contribution in [0, 0.1) is 11.8 Å². The number of aliphatic hydroxyl groups is 1. The smallest absolute Gasteiger partial charge is 0.387 e. The molecule has 26 heavy (non-hydrogen) atoms. The molecule has 0 spiro atoms. The summed E-state index contributed by atoms with van der Waals surface area (Å²) in [5, 5.41) is 10.6. The maximum absolute atomic E-state index is 12.3. The fourth-order valence-electron chi connectivity index (χ4n) is 2.71. The summed E-state index contributed by atoms with van der Waals surface area (Å²) in [6.45, 7) is -2.17. The van der Waals surface area contributed by atoms with Crippen LogP contribution >= 0.6 is 0 Å². The molecule has 1 aliphatic rings. The average molecular weight is 361 g/mol. The van der Waals surface area contributed by atoms with E-state index in [1.165, 1.54) is 24.7 Å². The zero-order valence-corrected chi connectivity index (χ0v) is 13.8. The number of ether oxygens (including phenoxy) is 1. The molecule has 1 aliphatic heterocycles. The minimum Gasteiger partial charge on any atom is -0.472 e. The second kappa shape index (κ2) is 7.58. The number of rotatable bonds is 3. The molecule has 136 valence electrons. The van der Waals surface area contributed by atoms with E-state index in [-0.39, 0.29) is 11.7 Å². The molecule has 0 unspecified atom stereocenters. The van der Waals surface area contributed by atoms with Gasteiger partial charge >= 0.3 is 6.61 Å². The summed E-state index contributed by atoms with van der Waals surface area (Å²) in [5.74, 6) is 5.46. The molecule has 2 heterocycles. The Balaban J connectivity index is 1.63. The highest BCUT2D eigenvalue weighted by Crippen LogP contribution is 2.23. The molecular weight excluding hydrogens is 344 g/mol. The summed E-state index contributed by atoms with van der Waals surface area (Å²) in [7, 11) is 0. The SMILES string of the molecule is O=C(c1ccoc1)N1CCC(O)(C#Cc2cccc(OC(F)F)c2)CC1. The van der Waals surface area contributed by atoms with Crippen molar-refractivity contribution in [2.24, 2.45) is 0 Å². The predicted octanol–water partition coefficient (Wildman–Crippen LogP) is 2.90. The van der Waals surface area contributed by atoms with Gasteiger partial charge in [-0.3, -0.25) is 4.79 Å². The van der Waals surface area contributed by atoms with Gasteiger partial charge in [0.05, 0.1) is 11.8 Å². The number of carbonyl (C=O) groups excluding carboxylic acids is 1. The molecule has 0 bridgehead atoms. The van der Waals surface area contributed by atoms with Gasteiger partial charge in [-0.15, -0.1) is 0 Å².